The van der Waals surface area contributed by atoms with Gasteiger partial charge in [0, 0.05) is 23.5 Å². The number of urea groups is 1. The summed E-state index contributed by atoms with van der Waals surface area (Å²) >= 11 is 0. The molecule has 0 fully saturated rings. The molecule has 0 aliphatic carbocycles. The molecule has 7 heteroatoms. The van der Waals surface area contributed by atoms with E-state index in [1.807, 2.05) is 6.92 Å². The predicted molar refractivity (Wildman–Crippen MR) is 68.5 cm³/mol. The van der Waals surface area contributed by atoms with E-state index in [4.69, 9.17) is 9.47 Å². The van der Waals surface area contributed by atoms with E-state index in [1.165, 1.54) is 0 Å². The van der Waals surface area contributed by atoms with E-state index in [0.29, 0.717) is 23.0 Å². The van der Waals surface area contributed by atoms with Crippen LogP contribution in [0.25, 0.3) is 0 Å². The summed E-state index contributed by atoms with van der Waals surface area (Å²) in [5.74, 6) is 1.76. The van der Waals surface area contributed by atoms with Crippen molar-refractivity contribution < 1.29 is 14.3 Å². The first kappa shape index (κ1) is 11.4. The number of carbonyl (C=O) groups is 1. The Hall–Kier alpha value is -2.70. The van der Waals surface area contributed by atoms with Crippen molar-refractivity contribution in [1.82, 2.24) is 10.2 Å². The Morgan fingerprint density at radius 2 is 2.11 bits per heavy atom. The van der Waals surface area contributed by atoms with Gasteiger partial charge in [0.1, 0.15) is 0 Å². The minimum absolute atomic E-state index is 0.206. The summed E-state index contributed by atoms with van der Waals surface area (Å²) in [6, 6.07) is 6.56. The van der Waals surface area contributed by atoms with Crippen LogP contribution < -0.4 is 20.1 Å². The number of nitrogens with one attached hydrogen (secondary N) is 3. The number of H-pyrrole nitrogens is 1. The molecule has 0 unspecified atom stereocenters. The monoisotopic (exact) mass is 260 g/mol. The summed E-state index contributed by atoms with van der Waals surface area (Å²) < 4.78 is 10.4. The summed E-state index contributed by atoms with van der Waals surface area (Å²) in [4.78, 5) is 11.7. The maximum absolute atomic E-state index is 11.7. The maximum Gasteiger partial charge on any atom is 0.324 e. The SMILES string of the molecule is Cc1cc(NC(=O)Nc2ccc3c(c2)OCO3)n[nH]1. The zero-order valence-corrected chi connectivity index (χ0v) is 10.2. The third-order valence-corrected chi connectivity index (χ3v) is 2.58. The number of aryl methyl sites for hydroxylation is 1. The minimum atomic E-state index is -0.370. The van der Waals surface area contributed by atoms with Crippen molar-refractivity contribution in [2.45, 2.75) is 6.92 Å². The van der Waals surface area contributed by atoms with Crippen molar-refractivity contribution in [2.24, 2.45) is 0 Å². The fraction of sp³-hybridized carbons (Fsp3) is 0.167. The first-order valence-electron chi connectivity index (χ1n) is 5.70. The molecule has 1 aromatic heterocycles. The fourth-order valence-corrected chi connectivity index (χ4v) is 1.74. The van der Waals surface area contributed by atoms with Gasteiger partial charge in [-0.15, -0.1) is 0 Å². The molecule has 1 aliphatic rings. The minimum Gasteiger partial charge on any atom is -0.454 e. The number of fused-ring (bicyclic) bond motifs is 1. The number of benzene rings is 1. The lowest BCUT2D eigenvalue weighted by Crippen LogP contribution is -2.19. The molecule has 0 saturated carbocycles. The molecule has 0 spiro atoms. The topological polar surface area (TPSA) is 88.3 Å². The van der Waals surface area contributed by atoms with Crippen molar-refractivity contribution in [2.75, 3.05) is 17.4 Å². The van der Waals surface area contributed by atoms with Crippen LogP contribution in [0, 0.1) is 6.92 Å². The number of nitrogens with zero attached hydrogens (tertiary/aromatic N) is 1. The molecule has 19 heavy (non-hydrogen) atoms. The Kier molecular flexibility index (Phi) is 2.71. The van der Waals surface area contributed by atoms with Crippen LogP contribution in [0.4, 0.5) is 16.3 Å². The standard InChI is InChI=1S/C12H12N4O3/c1-7-4-11(16-15-7)14-12(17)13-8-2-3-9-10(5-8)19-6-18-9/h2-5H,6H2,1H3,(H3,13,14,15,16,17). The molecule has 3 N–H and O–H groups in total. The first-order chi connectivity index (χ1) is 9.20. The molecule has 98 valence electrons. The average Bonchev–Trinajstić information content (AvgIpc) is 2.97. The number of carbonyl (C=O) groups excluding carboxylic acids is 1. The van der Waals surface area contributed by atoms with Crippen molar-refractivity contribution in [1.29, 1.82) is 0 Å². The highest BCUT2D eigenvalue weighted by atomic mass is 16.7. The molecular formula is C12H12N4O3. The lowest BCUT2D eigenvalue weighted by atomic mass is 10.3. The van der Waals surface area contributed by atoms with Gasteiger partial charge in [0.15, 0.2) is 17.3 Å². The van der Waals surface area contributed by atoms with E-state index in [0.717, 1.165) is 5.69 Å². The van der Waals surface area contributed by atoms with E-state index in [1.54, 1.807) is 24.3 Å². The molecule has 7 nitrogen and oxygen atoms in total. The number of anilines is 2. The second-order valence-electron chi connectivity index (χ2n) is 4.08. The second kappa shape index (κ2) is 4.52. The summed E-state index contributed by atoms with van der Waals surface area (Å²) in [5.41, 5.74) is 1.49. The van der Waals surface area contributed by atoms with Gasteiger partial charge in [-0.05, 0) is 19.1 Å². The van der Waals surface area contributed by atoms with Crippen molar-refractivity contribution in [3.05, 3.63) is 30.0 Å². The number of rotatable bonds is 2. The van der Waals surface area contributed by atoms with Crippen LogP contribution in [0.3, 0.4) is 0 Å². The highest BCUT2D eigenvalue weighted by molar-refractivity contribution is 5.99. The fourth-order valence-electron chi connectivity index (χ4n) is 1.74. The van der Waals surface area contributed by atoms with Crippen LogP contribution >= 0.6 is 0 Å². The van der Waals surface area contributed by atoms with Crippen LogP contribution in [-0.4, -0.2) is 23.0 Å². The van der Waals surface area contributed by atoms with Gasteiger partial charge in [-0.1, -0.05) is 0 Å². The molecule has 0 atom stereocenters. The normalized spacial score (nSPS) is 12.3. The van der Waals surface area contributed by atoms with Gasteiger partial charge in [-0.3, -0.25) is 10.4 Å². The predicted octanol–water partition coefficient (Wildman–Crippen LogP) is 2.09. The molecule has 0 saturated heterocycles. The van der Waals surface area contributed by atoms with Gasteiger partial charge in [-0.2, -0.15) is 5.10 Å². The zero-order chi connectivity index (χ0) is 13.2. The maximum atomic E-state index is 11.7. The van der Waals surface area contributed by atoms with Crippen LogP contribution in [0.15, 0.2) is 24.3 Å². The quantitative estimate of drug-likeness (QED) is 0.771. The van der Waals surface area contributed by atoms with E-state index in [2.05, 4.69) is 20.8 Å². The summed E-state index contributed by atoms with van der Waals surface area (Å²) in [6.45, 7) is 2.06. The lowest BCUT2D eigenvalue weighted by Gasteiger charge is -2.06. The Labute approximate surface area is 108 Å². The van der Waals surface area contributed by atoms with E-state index < -0.39 is 0 Å². The van der Waals surface area contributed by atoms with Gasteiger partial charge < -0.3 is 14.8 Å². The number of amides is 2. The summed E-state index contributed by atoms with van der Waals surface area (Å²) in [5, 5.41) is 12.0. The van der Waals surface area contributed by atoms with Crippen molar-refractivity contribution in [3.8, 4) is 11.5 Å². The van der Waals surface area contributed by atoms with E-state index in [9.17, 15) is 4.79 Å². The number of ether oxygens (including phenoxy) is 2. The van der Waals surface area contributed by atoms with Crippen LogP contribution in [0.2, 0.25) is 0 Å². The molecule has 2 aromatic rings. The third-order valence-electron chi connectivity index (χ3n) is 2.58. The van der Waals surface area contributed by atoms with E-state index >= 15 is 0 Å². The van der Waals surface area contributed by atoms with Gasteiger partial charge in [0.05, 0.1) is 0 Å². The van der Waals surface area contributed by atoms with Gasteiger partial charge in [0.25, 0.3) is 0 Å². The summed E-state index contributed by atoms with van der Waals surface area (Å²) in [6.07, 6.45) is 0. The molecule has 2 heterocycles. The number of hydrogen-bond acceptors (Lipinski definition) is 4. The number of hydrogen-bond donors (Lipinski definition) is 3. The molecule has 3 rings (SSSR count). The average molecular weight is 260 g/mol. The molecule has 1 aromatic carbocycles. The van der Waals surface area contributed by atoms with Crippen LogP contribution in [0.1, 0.15) is 5.69 Å². The number of aromatic nitrogens is 2. The van der Waals surface area contributed by atoms with Crippen LogP contribution in [-0.2, 0) is 0 Å². The number of aromatic amines is 1. The van der Waals surface area contributed by atoms with E-state index in [-0.39, 0.29) is 12.8 Å². The van der Waals surface area contributed by atoms with Crippen LogP contribution in [0.5, 0.6) is 11.5 Å². The Bertz CT molecular complexity index is 623. The Morgan fingerprint density at radius 1 is 1.26 bits per heavy atom. The van der Waals surface area contributed by atoms with Gasteiger partial charge >= 0.3 is 6.03 Å². The zero-order valence-electron chi connectivity index (χ0n) is 10.2. The highest BCUT2D eigenvalue weighted by Crippen LogP contribution is 2.34. The van der Waals surface area contributed by atoms with Crippen molar-refractivity contribution in [3.63, 3.8) is 0 Å². The first-order valence-corrected chi connectivity index (χ1v) is 5.70. The molecule has 0 bridgehead atoms. The third kappa shape index (κ3) is 2.44. The Morgan fingerprint density at radius 3 is 2.89 bits per heavy atom. The summed E-state index contributed by atoms with van der Waals surface area (Å²) in [7, 11) is 0. The highest BCUT2D eigenvalue weighted by Gasteiger charge is 2.14. The van der Waals surface area contributed by atoms with Crippen molar-refractivity contribution >= 4 is 17.5 Å². The largest absolute Gasteiger partial charge is 0.454 e. The molecule has 1 aliphatic heterocycles. The van der Waals surface area contributed by atoms with Gasteiger partial charge in [0.2, 0.25) is 6.79 Å². The lowest BCUT2D eigenvalue weighted by molar-refractivity contribution is 0.174. The second-order valence-corrected chi connectivity index (χ2v) is 4.08. The molecule has 0 radical (unpaired) electrons. The van der Waals surface area contributed by atoms with Gasteiger partial charge in [-0.25, -0.2) is 4.79 Å². The smallest absolute Gasteiger partial charge is 0.324 e. The molecular weight excluding hydrogens is 248 g/mol. The molecule has 2 amide bonds. The Balaban J connectivity index is 1.66.